The van der Waals surface area contributed by atoms with Gasteiger partial charge in [-0.05, 0) is 17.5 Å². The Morgan fingerprint density at radius 1 is 1.42 bits per heavy atom. The van der Waals surface area contributed by atoms with E-state index in [-0.39, 0.29) is 5.37 Å². The van der Waals surface area contributed by atoms with Crippen molar-refractivity contribution >= 4 is 12.6 Å². The Morgan fingerprint density at radius 2 is 2.17 bits per heavy atom. The van der Waals surface area contributed by atoms with E-state index in [9.17, 15) is 5.21 Å². The molecule has 1 heterocycles. The molecular formula is C9H11NOS. The number of hydrogen-bond acceptors (Lipinski definition) is 3. The average Bonchev–Trinajstić information content (AvgIpc) is 2.12. The van der Waals surface area contributed by atoms with Crippen LogP contribution >= 0.6 is 12.6 Å². The van der Waals surface area contributed by atoms with E-state index in [2.05, 4.69) is 18.7 Å². The Balaban J connectivity index is 2.42. The molecule has 0 bridgehead atoms. The molecule has 0 amide bonds. The van der Waals surface area contributed by atoms with E-state index in [0.717, 1.165) is 12.0 Å². The highest BCUT2D eigenvalue weighted by molar-refractivity contribution is 7.80. The van der Waals surface area contributed by atoms with E-state index in [1.807, 2.05) is 18.2 Å². The molecule has 1 aromatic carbocycles. The highest BCUT2D eigenvalue weighted by Gasteiger charge is 2.21. The van der Waals surface area contributed by atoms with Crippen LogP contribution in [0.3, 0.4) is 0 Å². The second-order valence-electron chi connectivity index (χ2n) is 2.99. The third kappa shape index (κ3) is 1.24. The van der Waals surface area contributed by atoms with Gasteiger partial charge in [0, 0.05) is 6.54 Å². The van der Waals surface area contributed by atoms with Crippen LogP contribution in [0, 0.1) is 0 Å². The van der Waals surface area contributed by atoms with Gasteiger partial charge in [0.15, 0.2) is 0 Å². The SMILES string of the molecule is ON1CCc2ccccc2C1S. The van der Waals surface area contributed by atoms with E-state index in [0.29, 0.717) is 6.54 Å². The summed E-state index contributed by atoms with van der Waals surface area (Å²) in [4.78, 5) is 0. The molecule has 0 aliphatic carbocycles. The Labute approximate surface area is 77.2 Å². The normalized spacial score (nSPS) is 23.7. The Hall–Kier alpha value is -0.510. The molecule has 3 heteroatoms. The predicted molar refractivity (Wildman–Crippen MR) is 50.4 cm³/mol. The molecule has 0 aromatic heterocycles. The van der Waals surface area contributed by atoms with Gasteiger partial charge >= 0.3 is 0 Å². The lowest BCUT2D eigenvalue weighted by molar-refractivity contribution is -0.106. The molecule has 1 atom stereocenters. The zero-order valence-electron chi connectivity index (χ0n) is 6.64. The molecule has 1 aliphatic heterocycles. The molecule has 0 radical (unpaired) electrons. The predicted octanol–water partition coefficient (Wildman–Crippen LogP) is 1.86. The van der Waals surface area contributed by atoms with Crippen LogP contribution in [0.4, 0.5) is 0 Å². The van der Waals surface area contributed by atoms with Crippen molar-refractivity contribution in [3.8, 4) is 0 Å². The highest BCUT2D eigenvalue weighted by Crippen LogP contribution is 2.30. The van der Waals surface area contributed by atoms with E-state index in [1.54, 1.807) is 0 Å². The Kier molecular flexibility index (Phi) is 2.09. The molecule has 0 saturated carbocycles. The first-order valence-corrected chi connectivity index (χ1v) is 4.52. The molecule has 0 saturated heterocycles. The summed E-state index contributed by atoms with van der Waals surface area (Å²) in [5.41, 5.74) is 2.41. The number of thiol groups is 1. The number of fused-ring (bicyclic) bond motifs is 1. The second kappa shape index (κ2) is 3.09. The van der Waals surface area contributed by atoms with Gasteiger partial charge in [-0.2, -0.15) is 17.7 Å². The minimum Gasteiger partial charge on any atom is -0.313 e. The lowest BCUT2D eigenvalue weighted by atomic mass is 10.0. The summed E-state index contributed by atoms with van der Waals surface area (Å²) in [7, 11) is 0. The lowest BCUT2D eigenvalue weighted by Crippen LogP contribution is -2.29. The van der Waals surface area contributed by atoms with Gasteiger partial charge < -0.3 is 5.21 Å². The van der Waals surface area contributed by atoms with Gasteiger partial charge in [0.2, 0.25) is 0 Å². The summed E-state index contributed by atoms with van der Waals surface area (Å²) in [6, 6.07) is 8.09. The van der Waals surface area contributed by atoms with E-state index in [4.69, 9.17) is 0 Å². The molecule has 1 unspecified atom stereocenters. The maximum Gasteiger partial charge on any atom is 0.103 e. The Morgan fingerprint density at radius 3 is 3.00 bits per heavy atom. The zero-order valence-corrected chi connectivity index (χ0v) is 7.54. The van der Waals surface area contributed by atoms with Crippen molar-refractivity contribution in [3.63, 3.8) is 0 Å². The van der Waals surface area contributed by atoms with Crippen LogP contribution in [0.5, 0.6) is 0 Å². The fourth-order valence-electron chi connectivity index (χ4n) is 1.53. The minimum absolute atomic E-state index is 0.157. The van der Waals surface area contributed by atoms with Crippen molar-refractivity contribution in [2.45, 2.75) is 11.8 Å². The first-order valence-electron chi connectivity index (χ1n) is 4.00. The molecule has 1 N–H and O–H groups in total. The third-order valence-electron chi connectivity index (χ3n) is 2.23. The maximum absolute atomic E-state index is 9.38. The van der Waals surface area contributed by atoms with E-state index < -0.39 is 0 Å². The van der Waals surface area contributed by atoms with Gasteiger partial charge in [-0.1, -0.05) is 24.3 Å². The van der Waals surface area contributed by atoms with Gasteiger partial charge in [0.1, 0.15) is 5.37 Å². The summed E-state index contributed by atoms with van der Waals surface area (Å²) >= 11 is 4.31. The molecule has 2 nitrogen and oxygen atoms in total. The van der Waals surface area contributed by atoms with Crippen LogP contribution in [0.2, 0.25) is 0 Å². The fourth-order valence-corrected chi connectivity index (χ4v) is 1.90. The zero-order chi connectivity index (χ0) is 8.55. The molecule has 12 heavy (non-hydrogen) atoms. The fraction of sp³-hybridized carbons (Fsp3) is 0.333. The van der Waals surface area contributed by atoms with Crippen LogP contribution in [0.25, 0.3) is 0 Å². The quantitative estimate of drug-likeness (QED) is 0.597. The number of nitrogens with zero attached hydrogens (tertiary/aromatic N) is 1. The van der Waals surface area contributed by atoms with Crippen LogP contribution in [-0.2, 0) is 6.42 Å². The third-order valence-corrected chi connectivity index (χ3v) is 2.77. The number of hydrogen-bond donors (Lipinski definition) is 2. The summed E-state index contributed by atoms with van der Waals surface area (Å²) in [6.45, 7) is 0.672. The summed E-state index contributed by atoms with van der Waals surface area (Å²) in [5, 5.41) is 10.5. The molecule has 0 fully saturated rings. The largest absolute Gasteiger partial charge is 0.313 e. The van der Waals surface area contributed by atoms with E-state index >= 15 is 0 Å². The second-order valence-corrected chi connectivity index (χ2v) is 3.47. The molecule has 64 valence electrons. The van der Waals surface area contributed by atoms with Crippen LogP contribution < -0.4 is 0 Å². The highest BCUT2D eigenvalue weighted by atomic mass is 32.1. The number of hydroxylamine groups is 2. The molecule has 1 aromatic rings. The first-order chi connectivity index (χ1) is 5.79. The molecular weight excluding hydrogens is 170 g/mol. The minimum atomic E-state index is -0.157. The summed E-state index contributed by atoms with van der Waals surface area (Å²) < 4.78 is 0. The standard InChI is InChI=1S/C9H11NOS/c11-10-6-5-7-3-1-2-4-8(7)9(10)12/h1-4,9,11-12H,5-6H2. The van der Waals surface area contributed by atoms with E-state index in [1.165, 1.54) is 10.6 Å². The maximum atomic E-state index is 9.38. The van der Waals surface area contributed by atoms with Gasteiger partial charge in [-0.25, -0.2) is 0 Å². The number of rotatable bonds is 0. The smallest absolute Gasteiger partial charge is 0.103 e. The van der Waals surface area contributed by atoms with Gasteiger partial charge in [0.05, 0.1) is 0 Å². The lowest BCUT2D eigenvalue weighted by Gasteiger charge is -2.29. The molecule has 1 aliphatic rings. The summed E-state index contributed by atoms with van der Waals surface area (Å²) in [5.74, 6) is 0. The van der Waals surface area contributed by atoms with Gasteiger partial charge in [-0.3, -0.25) is 0 Å². The van der Waals surface area contributed by atoms with Crippen LogP contribution in [0.1, 0.15) is 16.5 Å². The number of benzene rings is 1. The van der Waals surface area contributed by atoms with Crippen LogP contribution in [0.15, 0.2) is 24.3 Å². The van der Waals surface area contributed by atoms with Crippen molar-refractivity contribution in [3.05, 3.63) is 35.4 Å². The average molecular weight is 181 g/mol. The monoisotopic (exact) mass is 181 g/mol. The van der Waals surface area contributed by atoms with Crippen LogP contribution in [-0.4, -0.2) is 16.8 Å². The first kappa shape index (κ1) is 8.10. The van der Waals surface area contributed by atoms with Crippen molar-refractivity contribution in [1.82, 2.24) is 5.06 Å². The van der Waals surface area contributed by atoms with Crippen molar-refractivity contribution in [2.75, 3.05) is 6.54 Å². The summed E-state index contributed by atoms with van der Waals surface area (Å²) in [6.07, 6.45) is 0.906. The van der Waals surface area contributed by atoms with Crippen molar-refractivity contribution in [2.24, 2.45) is 0 Å². The topological polar surface area (TPSA) is 23.5 Å². The molecule has 2 rings (SSSR count). The van der Waals surface area contributed by atoms with Crippen molar-refractivity contribution < 1.29 is 5.21 Å². The van der Waals surface area contributed by atoms with Gasteiger partial charge in [-0.15, -0.1) is 0 Å². The Bertz CT molecular complexity index is 290. The van der Waals surface area contributed by atoms with Gasteiger partial charge in [0.25, 0.3) is 0 Å². The molecule has 0 spiro atoms. The van der Waals surface area contributed by atoms with Crippen molar-refractivity contribution in [1.29, 1.82) is 0 Å².